The third kappa shape index (κ3) is 23.4. The summed E-state index contributed by atoms with van der Waals surface area (Å²) in [5, 5.41) is 7.79. The van der Waals surface area contributed by atoms with Crippen molar-refractivity contribution in [1.29, 1.82) is 5.26 Å². The lowest BCUT2D eigenvalue weighted by atomic mass is 10.4. The van der Waals surface area contributed by atoms with Gasteiger partial charge in [0.2, 0.25) is 0 Å². The molecule has 0 heterocycles. The van der Waals surface area contributed by atoms with Gasteiger partial charge in [-0.1, -0.05) is 18.7 Å². The third-order valence-electron chi connectivity index (χ3n) is 0.662. The summed E-state index contributed by atoms with van der Waals surface area (Å²) in [5.74, 6) is 0. The smallest absolute Gasteiger partial charge is 0.0937 e. The molecule has 0 N–H and O–H groups in total. The second-order valence-electron chi connectivity index (χ2n) is 2.01. The lowest BCUT2D eigenvalue weighted by molar-refractivity contribution is 0.194. The maximum absolute atomic E-state index is 7.79. The molecule has 12 heavy (non-hydrogen) atoms. The van der Waals surface area contributed by atoms with E-state index in [0.717, 1.165) is 0 Å². The predicted octanol–water partition coefficient (Wildman–Crippen LogP) is 2.46. The number of hydrogen-bond donors (Lipinski definition) is 0. The van der Waals surface area contributed by atoms with Crippen molar-refractivity contribution in [3.05, 3.63) is 37.5 Å². The van der Waals surface area contributed by atoms with Gasteiger partial charge >= 0.3 is 0 Å². The van der Waals surface area contributed by atoms with Crippen molar-refractivity contribution >= 4 is 0 Å². The zero-order valence-electron chi connectivity index (χ0n) is 7.55. The molecule has 66 valence electrons. The van der Waals surface area contributed by atoms with Crippen molar-refractivity contribution in [3.8, 4) is 6.07 Å². The first-order valence-corrected chi connectivity index (χ1v) is 3.54. The normalized spacial score (nSPS) is 7.00. The lowest BCUT2D eigenvalue weighted by Gasteiger charge is -1.89. The molecule has 0 aromatic rings. The van der Waals surface area contributed by atoms with Gasteiger partial charge in [0.25, 0.3) is 0 Å². The molecule has 0 fully saturated rings. The maximum Gasteiger partial charge on any atom is 0.0937 e. The fourth-order valence-corrected chi connectivity index (χ4v) is 0.235. The van der Waals surface area contributed by atoms with Crippen LogP contribution in [0.3, 0.4) is 0 Å². The highest BCUT2D eigenvalue weighted by atomic mass is 16.5. The summed E-state index contributed by atoms with van der Waals surface area (Å²) in [4.78, 5) is 0. The molecule has 0 unspecified atom stereocenters. The highest BCUT2D eigenvalue weighted by molar-refractivity contribution is 5.11. The van der Waals surface area contributed by atoms with E-state index in [1.54, 1.807) is 19.1 Å². The number of nitriles is 1. The SMILES string of the molecule is C=C(C)C#N.C=CCOCC=C. The van der Waals surface area contributed by atoms with Gasteiger partial charge in [0.05, 0.1) is 19.3 Å². The van der Waals surface area contributed by atoms with Gasteiger partial charge in [-0.15, -0.1) is 13.2 Å². The van der Waals surface area contributed by atoms with E-state index < -0.39 is 0 Å². The van der Waals surface area contributed by atoms with Crippen molar-refractivity contribution in [2.45, 2.75) is 6.92 Å². The summed E-state index contributed by atoms with van der Waals surface area (Å²) in [5.41, 5.74) is 0.560. The first kappa shape index (κ1) is 13.3. The van der Waals surface area contributed by atoms with Crippen molar-refractivity contribution in [1.82, 2.24) is 0 Å². The van der Waals surface area contributed by atoms with Gasteiger partial charge in [0.1, 0.15) is 0 Å². The zero-order chi connectivity index (χ0) is 9.82. The van der Waals surface area contributed by atoms with Crippen LogP contribution in [0.1, 0.15) is 6.92 Å². The van der Waals surface area contributed by atoms with E-state index in [1.165, 1.54) is 0 Å². The van der Waals surface area contributed by atoms with E-state index in [1.807, 2.05) is 6.07 Å². The monoisotopic (exact) mass is 165 g/mol. The van der Waals surface area contributed by atoms with Gasteiger partial charge in [0, 0.05) is 5.57 Å². The molecule has 0 saturated carbocycles. The average Bonchev–Trinajstić information content (AvgIpc) is 2.07. The molecule has 2 heteroatoms. The van der Waals surface area contributed by atoms with Gasteiger partial charge in [0.15, 0.2) is 0 Å². The summed E-state index contributed by atoms with van der Waals surface area (Å²) < 4.78 is 4.90. The second-order valence-corrected chi connectivity index (χ2v) is 2.01. The fourth-order valence-electron chi connectivity index (χ4n) is 0.235. The summed E-state index contributed by atoms with van der Waals surface area (Å²) in [6.07, 6.45) is 3.42. The van der Waals surface area contributed by atoms with Crippen molar-refractivity contribution in [2.75, 3.05) is 13.2 Å². The first-order chi connectivity index (χ1) is 5.68. The Bertz CT molecular complexity index is 169. The van der Waals surface area contributed by atoms with Crippen LogP contribution in [0.25, 0.3) is 0 Å². The lowest BCUT2D eigenvalue weighted by Crippen LogP contribution is -1.87. The molecule has 0 aromatic carbocycles. The summed E-state index contributed by atoms with van der Waals surface area (Å²) >= 11 is 0. The van der Waals surface area contributed by atoms with Crippen molar-refractivity contribution < 1.29 is 4.74 Å². The molecular formula is C10H15NO. The average molecular weight is 165 g/mol. The van der Waals surface area contributed by atoms with Crippen LogP contribution in [0.2, 0.25) is 0 Å². The molecule has 0 radical (unpaired) electrons. The fraction of sp³-hybridized carbons (Fsp3) is 0.300. The molecule has 0 bridgehead atoms. The van der Waals surface area contributed by atoms with E-state index in [0.29, 0.717) is 18.8 Å². The van der Waals surface area contributed by atoms with Crippen LogP contribution in [-0.4, -0.2) is 13.2 Å². The largest absolute Gasteiger partial charge is 0.373 e. The Kier molecular flexibility index (Phi) is 13.7. The van der Waals surface area contributed by atoms with Gasteiger partial charge < -0.3 is 4.74 Å². The predicted molar refractivity (Wildman–Crippen MR) is 51.6 cm³/mol. The molecule has 2 nitrogen and oxygen atoms in total. The molecular weight excluding hydrogens is 150 g/mol. The highest BCUT2D eigenvalue weighted by Gasteiger charge is 1.70. The minimum atomic E-state index is 0.560. The Morgan fingerprint density at radius 2 is 1.75 bits per heavy atom. The summed E-state index contributed by atoms with van der Waals surface area (Å²) in [6, 6.07) is 1.83. The van der Waals surface area contributed by atoms with Crippen LogP contribution in [0.4, 0.5) is 0 Å². The molecule has 0 aliphatic carbocycles. The summed E-state index contributed by atoms with van der Waals surface area (Å²) in [6.45, 7) is 13.2. The second kappa shape index (κ2) is 12.4. The maximum atomic E-state index is 7.79. The van der Waals surface area contributed by atoms with Gasteiger partial charge in [-0.3, -0.25) is 0 Å². The summed E-state index contributed by atoms with van der Waals surface area (Å²) in [7, 11) is 0. The molecule has 0 aliphatic heterocycles. The Hall–Kier alpha value is -1.33. The van der Waals surface area contributed by atoms with Crippen LogP contribution in [0.5, 0.6) is 0 Å². The molecule has 0 amide bonds. The number of ether oxygens (including phenoxy) is 1. The number of hydrogen-bond acceptors (Lipinski definition) is 2. The van der Waals surface area contributed by atoms with Crippen LogP contribution < -0.4 is 0 Å². The Balaban J connectivity index is 0. The number of nitrogens with zero attached hydrogens (tertiary/aromatic N) is 1. The topological polar surface area (TPSA) is 33.0 Å². The van der Waals surface area contributed by atoms with Gasteiger partial charge in [-0.25, -0.2) is 0 Å². The van der Waals surface area contributed by atoms with Crippen molar-refractivity contribution in [3.63, 3.8) is 0 Å². The van der Waals surface area contributed by atoms with E-state index in [-0.39, 0.29) is 0 Å². The van der Waals surface area contributed by atoms with Crippen LogP contribution in [0.15, 0.2) is 37.5 Å². The molecule has 0 spiro atoms. The number of allylic oxidation sites excluding steroid dienone is 1. The van der Waals surface area contributed by atoms with Crippen LogP contribution in [-0.2, 0) is 4.74 Å². The van der Waals surface area contributed by atoms with E-state index in [4.69, 9.17) is 10.00 Å². The van der Waals surface area contributed by atoms with E-state index in [2.05, 4.69) is 19.7 Å². The van der Waals surface area contributed by atoms with Gasteiger partial charge in [-0.05, 0) is 6.92 Å². The molecule has 0 aromatic heterocycles. The van der Waals surface area contributed by atoms with E-state index in [9.17, 15) is 0 Å². The molecule has 0 saturated heterocycles. The standard InChI is InChI=1S/C6H10O.C4H5N/c1-3-5-7-6-4-2;1-4(2)3-5/h3-4H,1-2,5-6H2;1H2,2H3. The Morgan fingerprint density at radius 3 is 1.92 bits per heavy atom. The van der Waals surface area contributed by atoms with E-state index >= 15 is 0 Å². The quantitative estimate of drug-likeness (QED) is 0.364. The molecule has 0 aliphatic rings. The van der Waals surface area contributed by atoms with Crippen molar-refractivity contribution in [2.24, 2.45) is 0 Å². The molecule has 0 atom stereocenters. The van der Waals surface area contributed by atoms with Crippen LogP contribution in [0, 0.1) is 11.3 Å². The highest BCUT2D eigenvalue weighted by Crippen LogP contribution is 1.74. The third-order valence-corrected chi connectivity index (χ3v) is 0.662. The minimum absolute atomic E-state index is 0.560. The molecule has 0 rings (SSSR count). The number of rotatable bonds is 4. The zero-order valence-corrected chi connectivity index (χ0v) is 7.55. The Morgan fingerprint density at radius 1 is 1.42 bits per heavy atom. The van der Waals surface area contributed by atoms with Crippen LogP contribution >= 0.6 is 0 Å². The first-order valence-electron chi connectivity index (χ1n) is 3.54. The minimum Gasteiger partial charge on any atom is -0.373 e. The van der Waals surface area contributed by atoms with Gasteiger partial charge in [-0.2, -0.15) is 5.26 Å². The Labute approximate surface area is 74.5 Å².